The molecule has 0 aliphatic carbocycles. The first-order valence-corrected chi connectivity index (χ1v) is 8.22. The molecular weight excluding hydrogens is 282 g/mol. The fourth-order valence-electron chi connectivity index (χ4n) is 1.87. The second kappa shape index (κ2) is 6.28. The second-order valence-electron chi connectivity index (χ2n) is 4.10. The van der Waals surface area contributed by atoms with Crippen LogP contribution in [-0.2, 0) is 0 Å². The Balaban J connectivity index is 2.08. The van der Waals surface area contributed by atoms with Gasteiger partial charge in [0, 0.05) is 27.8 Å². The summed E-state index contributed by atoms with van der Waals surface area (Å²) in [7, 11) is 1.71. The van der Waals surface area contributed by atoms with Gasteiger partial charge in [0.1, 0.15) is 10.6 Å². The molecule has 1 aliphatic heterocycles. The average Bonchev–Trinajstić information content (AvgIpc) is 2.87. The number of thiocarbonyl (C=S) groups is 1. The van der Waals surface area contributed by atoms with E-state index < -0.39 is 0 Å². The van der Waals surface area contributed by atoms with Crippen LogP contribution >= 0.6 is 35.7 Å². The molecule has 1 fully saturated rings. The van der Waals surface area contributed by atoms with Gasteiger partial charge in [0.05, 0.1) is 7.11 Å². The molecule has 1 saturated heterocycles. The van der Waals surface area contributed by atoms with Gasteiger partial charge in [-0.2, -0.15) is 0 Å². The highest BCUT2D eigenvalue weighted by atomic mass is 32.2. The summed E-state index contributed by atoms with van der Waals surface area (Å²) < 4.78 is 5.37. The van der Waals surface area contributed by atoms with E-state index in [1.807, 2.05) is 36.9 Å². The Morgan fingerprint density at radius 1 is 1.56 bits per heavy atom. The van der Waals surface area contributed by atoms with Crippen molar-refractivity contribution in [2.24, 2.45) is 0 Å². The van der Waals surface area contributed by atoms with Crippen LogP contribution in [0.25, 0.3) is 0 Å². The Kier molecular flexibility index (Phi) is 4.95. The molecule has 0 spiro atoms. The first-order valence-electron chi connectivity index (χ1n) is 5.84. The summed E-state index contributed by atoms with van der Waals surface area (Å²) in [5.74, 6) is 3.00. The largest absolute Gasteiger partial charge is 0.496 e. The minimum atomic E-state index is -0.0547. The average molecular weight is 299 g/mol. The number of rotatable bonds is 5. The summed E-state index contributed by atoms with van der Waals surface area (Å²) in [6, 6.07) is 8.12. The molecule has 0 radical (unpaired) electrons. The second-order valence-corrected chi connectivity index (χ2v) is 7.12. The summed E-state index contributed by atoms with van der Waals surface area (Å²) in [5, 5.41) is 3.54. The molecule has 0 saturated carbocycles. The van der Waals surface area contributed by atoms with Crippen LogP contribution in [0.1, 0.15) is 6.92 Å². The SMILES string of the molecule is COc1ccccc1SCC1(C(C)=S)NCCS1. The summed E-state index contributed by atoms with van der Waals surface area (Å²) in [6.07, 6.45) is 0. The normalized spacial score (nSPS) is 23.0. The van der Waals surface area contributed by atoms with Crippen LogP contribution in [0.5, 0.6) is 5.75 Å². The summed E-state index contributed by atoms with van der Waals surface area (Å²) in [5.41, 5.74) is 0. The van der Waals surface area contributed by atoms with Gasteiger partial charge < -0.3 is 4.74 Å². The number of benzene rings is 1. The van der Waals surface area contributed by atoms with E-state index in [0.717, 1.165) is 28.7 Å². The fraction of sp³-hybridized carbons (Fsp3) is 0.462. The van der Waals surface area contributed by atoms with E-state index >= 15 is 0 Å². The van der Waals surface area contributed by atoms with Gasteiger partial charge in [-0.1, -0.05) is 24.4 Å². The highest BCUT2D eigenvalue weighted by molar-refractivity contribution is 8.05. The van der Waals surface area contributed by atoms with Crippen LogP contribution in [0.3, 0.4) is 0 Å². The lowest BCUT2D eigenvalue weighted by Gasteiger charge is -2.27. The van der Waals surface area contributed by atoms with E-state index in [1.54, 1.807) is 18.9 Å². The predicted molar refractivity (Wildman–Crippen MR) is 85.2 cm³/mol. The monoisotopic (exact) mass is 299 g/mol. The molecule has 2 rings (SSSR count). The smallest absolute Gasteiger partial charge is 0.132 e. The van der Waals surface area contributed by atoms with Gasteiger partial charge in [0.15, 0.2) is 0 Å². The van der Waals surface area contributed by atoms with Crippen LogP contribution in [-0.4, -0.2) is 34.9 Å². The maximum Gasteiger partial charge on any atom is 0.132 e. The molecule has 1 heterocycles. The molecular formula is C13H17NOS3. The van der Waals surface area contributed by atoms with E-state index in [9.17, 15) is 0 Å². The van der Waals surface area contributed by atoms with Crippen molar-refractivity contribution < 1.29 is 4.74 Å². The maximum absolute atomic E-state index is 5.42. The summed E-state index contributed by atoms with van der Waals surface area (Å²) in [4.78, 5) is 2.15. The molecule has 1 aliphatic rings. The molecule has 2 nitrogen and oxygen atoms in total. The van der Waals surface area contributed by atoms with Crippen LogP contribution in [0.4, 0.5) is 0 Å². The quantitative estimate of drug-likeness (QED) is 0.664. The van der Waals surface area contributed by atoms with E-state index in [0.29, 0.717) is 0 Å². The van der Waals surface area contributed by atoms with Crippen LogP contribution in [0, 0.1) is 0 Å². The van der Waals surface area contributed by atoms with Crippen molar-refractivity contribution in [3.05, 3.63) is 24.3 Å². The molecule has 1 aromatic carbocycles. The Morgan fingerprint density at radius 2 is 2.33 bits per heavy atom. The first kappa shape index (κ1) is 14.2. The third-order valence-electron chi connectivity index (χ3n) is 2.93. The van der Waals surface area contributed by atoms with Gasteiger partial charge in [0.2, 0.25) is 0 Å². The van der Waals surface area contributed by atoms with Gasteiger partial charge in [-0.25, -0.2) is 0 Å². The van der Waals surface area contributed by atoms with Crippen molar-refractivity contribution in [3.63, 3.8) is 0 Å². The molecule has 0 aromatic heterocycles. The van der Waals surface area contributed by atoms with Crippen LogP contribution < -0.4 is 10.1 Å². The highest BCUT2D eigenvalue weighted by Gasteiger charge is 2.36. The van der Waals surface area contributed by atoms with Gasteiger partial charge in [-0.15, -0.1) is 23.5 Å². The number of hydrogen-bond donors (Lipinski definition) is 1. The number of hydrogen-bond acceptors (Lipinski definition) is 5. The molecule has 1 unspecified atom stereocenters. The van der Waals surface area contributed by atoms with Gasteiger partial charge in [-0.3, -0.25) is 5.32 Å². The zero-order chi connectivity index (χ0) is 13.0. The van der Waals surface area contributed by atoms with E-state index in [1.165, 1.54) is 4.90 Å². The maximum atomic E-state index is 5.42. The molecule has 98 valence electrons. The summed E-state index contributed by atoms with van der Waals surface area (Å²) >= 11 is 9.13. The number of nitrogens with one attached hydrogen (secondary N) is 1. The standard InChI is InChI=1S/C13H17NOS3/c1-10(16)13(14-7-8-18-13)9-17-12-6-4-3-5-11(12)15-2/h3-6,14H,7-9H2,1-2H3. The third kappa shape index (κ3) is 3.02. The van der Waals surface area contributed by atoms with Crippen molar-refractivity contribution in [1.29, 1.82) is 0 Å². The number of methoxy groups -OCH3 is 1. The van der Waals surface area contributed by atoms with Gasteiger partial charge in [-0.05, 0) is 19.1 Å². The molecule has 5 heteroatoms. The summed E-state index contributed by atoms with van der Waals surface area (Å²) in [6.45, 7) is 3.06. The Hall–Kier alpha value is -0.230. The third-order valence-corrected chi connectivity index (χ3v) is 6.31. The minimum Gasteiger partial charge on any atom is -0.496 e. The van der Waals surface area contributed by atoms with Crippen LogP contribution in [0.2, 0.25) is 0 Å². The Bertz CT molecular complexity index is 430. The lowest BCUT2D eigenvalue weighted by Crippen LogP contribution is -2.45. The number of thioether (sulfide) groups is 2. The van der Waals surface area contributed by atoms with Crippen molar-refractivity contribution >= 4 is 40.6 Å². The number of para-hydroxylation sites is 1. The van der Waals surface area contributed by atoms with E-state index in [4.69, 9.17) is 17.0 Å². The Morgan fingerprint density at radius 3 is 2.94 bits per heavy atom. The highest BCUT2D eigenvalue weighted by Crippen LogP contribution is 2.37. The van der Waals surface area contributed by atoms with Crippen molar-refractivity contribution in [2.75, 3.05) is 25.2 Å². The van der Waals surface area contributed by atoms with Crippen molar-refractivity contribution in [2.45, 2.75) is 16.7 Å². The molecule has 0 amide bonds. The van der Waals surface area contributed by atoms with Crippen molar-refractivity contribution in [1.82, 2.24) is 5.32 Å². The molecule has 1 N–H and O–H groups in total. The van der Waals surface area contributed by atoms with Gasteiger partial charge >= 0.3 is 0 Å². The zero-order valence-corrected chi connectivity index (χ0v) is 13.0. The van der Waals surface area contributed by atoms with Crippen LogP contribution in [0.15, 0.2) is 29.2 Å². The number of ether oxygens (including phenoxy) is 1. The zero-order valence-electron chi connectivity index (χ0n) is 10.6. The fourth-order valence-corrected chi connectivity index (χ4v) is 4.90. The molecule has 0 bridgehead atoms. The minimum absolute atomic E-state index is 0.0547. The molecule has 18 heavy (non-hydrogen) atoms. The predicted octanol–water partition coefficient (Wildman–Crippen LogP) is 3.21. The molecule has 1 aromatic rings. The lowest BCUT2D eigenvalue weighted by molar-refractivity contribution is 0.405. The topological polar surface area (TPSA) is 21.3 Å². The van der Waals surface area contributed by atoms with E-state index in [-0.39, 0.29) is 4.87 Å². The van der Waals surface area contributed by atoms with E-state index in [2.05, 4.69) is 11.4 Å². The van der Waals surface area contributed by atoms with Crippen molar-refractivity contribution in [3.8, 4) is 5.75 Å². The lowest BCUT2D eigenvalue weighted by atomic mass is 10.2. The van der Waals surface area contributed by atoms with Gasteiger partial charge in [0.25, 0.3) is 0 Å². The first-order chi connectivity index (χ1) is 8.68. The molecule has 1 atom stereocenters. The Labute approximate surface area is 122 Å².